The van der Waals surface area contributed by atoms with Crippen LogP contribution in [-0.2, 0) is 0 Å². The summed E-state index contributed by atoms with van der Waals surface area (Å²) < 4.78 is 5.80. The van der Waals surface area contributed by atoms with Crippen LogP contribution in [0.1, 0.15) is 18.4 Å². The molecule has 0 amide bonds. The maximum absolute atomic E-state index is 9.69. The number of aliphatic hydroxyl groups excluding tert-OH is 1. The third kappa shape index (κ3) is 4.42. The molecule has 0 aromatic heterocycles. The van der Waals surface area contributed by atoms with E-state index in [-0.39, 0.29) is 6.10 Å². The number of aryl methyl sites for hydroxylation is 1. The minimum atomic E-state index is -0.149. The molecule has 0 radical (unpaired) electrons. The fraction of sp³-hybridized carbons (Fsp3) is 0.400. The van der Waals surface area contributed by atoms with Crippen LogP contribution in [0.2, 0.25) is 0 Å². The lowest BCUT2D eigenvalue weighted by molar-refractivity contribution is 0.145. The molecule has 0 atom stereocenters. The Labute approximate surface area is 144 Å². The van der Waals surface area contributed by atoms with Crippen LogP contribution in [-0.4, -0.2) is 37.5 Å². The molecule has 1 saturated heterocycles. The largest absolute Gasteiger partial charge is 0.492 e. The molecule has 128 valence electrons. The number of hydrogen-bond acceptors (Lipinski definition) is 4. The van der Waals surface area contributed by atoms with E-state index in [4.69, 9.17) is 4.74 Å². The van der Waals surface area contributed by atoms with Gasteiger partial charge in [0.15, 0.2) is 0 Å². The molecule has 2 N–H and O–H groups in total. The average Bonchev–Trinajstić information content (AvgIpc) is 2.60. The van der Waals surface area contributed by atoms with E-state index in [0.717, 1.165) is 43.9 Å². The Morgan fingerprint density at radius 3 is 2.71 bits per heavy atom. The lowest BCUT2D eigenvalue weighted by Gasteiger charge is -2.33. The molecule has 24 heavy (non-hydrogen) atoms. The van der Waals surface area contributed by atoms with E-state index in [1.54, 1.807) is 0 Å². The Morgan fingerprint density at radius 1 is 1.12 bits per heavy atom. The molecule has 4 nitrogen and oxygen atoms in total. The summed E-state index contributed by atoms with van der Waals surface area (Å²) in [7, 11) is 0. The first-order valence-electron chi connectivity index (χ1n) is 8.68. The quantitative estimate of drug-likeness (QED) is 0.798. The molecule has 0 spiro atoms. The smallest absolute Gasteiger partial charge is 0.119 e. The fourth-order valence-corrected chi connectivity index (χ4v) is 3.07. The summed E-state index contributed by atoms with van der Waals surface area (Å²) in [4.78, 5) is 2.34. The second-order valence-electron chi connectivity index (χ2n) is 6.33. The van der Waals surface area contributed by atoms with Crippen molar-refractivity contribution in [1.29, 1.82) is 0 Å². The van der Waals surface area contributed by atoms with Crippen molar-refractivity contribution < 1.29 is 9.84 Å². The first-order valence-corrected chi connectivity index (χ1v) is 8.68. The maximum atomic E-state index is 9.69. The third-order valence-corrected chi connectivity index (χ3v) is 4.38. The number of hydrogen-bond donors (Lipinski definition) is 2. The Bertz CT molecular complexity index is 652. The highest BCUT2D eigenvalue weighted by Gasteiger charge is 2.18. The molecule has 1 aliphatic rings. The minimum Gasteiger partial charge on any atom is -0.492 e. The number of nitrogens with one attached hydrogen (secondary N) is 1. The Kier molecular flexibility index (Phi) is 5.59. The van der Waals surface area contributed by atoms with Crippen LogP contribution in [0, 0.1) is 6.92 Å². The molecule has 4 heteroatoms. The molecule has 2 aromatic rings. The second kappa shape index (κ2) is 8.06. The highest BCUT2D eigenvalue weighted by atomic mass is 16.5. The topological polar surface area (TPSA) is 44.7 Å². The minimum absolute atomic E-state index is 0.149. The molecular weight excluding hydrogens is 300 g/mol. The fourth-order valence-electron chi connectivity index (χ4n) is 3.07. The molecule has 1 heterocycles. The van der Waals surface area contributed by atoms with Gasteiger partial charge in [0.25, 0.3) is 0 Å². The monoisotopic (exact) mass is 326 g/mol. The zero-order valence-corrected chi connectivity index (χ0v) is 14.2. The SMILES string of the molecule is Cc1cccc(OCCNc2ccccc2N2CCC(O)CC2)c1. The van der Waals surface area contributed by atoms with Gasteiger partial charge in [-0.2, -0.15) is 0 Å². The summed E-state index contributed by atoms with van der Waals surface area (Å²) in [6.07, 6.45) is 1.53. The average molecular weight is 326 g/mol. The van der Waals surface area contributed by atoms with Crippen molar-refractivity contribution in [2.24, 2.45) is 0 Å². The molecule has 1 fully saturated rings. The van der Waals surface area contributed by atoms with Gasteiger partial charge in [0, 0.05) is 19.6 Å². The number of piperidine rings is 1. The van der Waals surface area contributed by atoms with Gasteiger partial charge in [-0.3, -0.25) is 0 Å². The second-order valence-corrected chi connectivity index (χ2v) is 6.33. The zero-order valence-electron chi connectivity index (χ0n) is 14.2. The highest BCUT2D eigenvalue weighted by molar-refractivity contribution is 5.70. The number of rotatable bonds is 6. The van der Waals surface area contributed by atoms with Crippen LogP contribution in [0.3, 0.4) is 0 Å². The Hall–Kier alpha value is -2.20. The van der Waals surface area contributed by atoms with E-state index >= 15 is 0 Å². The molecular formula is C20H26N2O2. The molecule has 3 rings (SSSR count). The van der Waals surface area contributed by atoms with Gasteiger partial charge < -0.3 is 20.1 Å². The van der Waals surface area contributed by atoms with Crippen molar-refractivity contribution >= 4 is 11.4 Å². The summed E-state index contributed by atoms with van der Waals surface area (Å²) in [5.74, 6) is 0.912. The molecule has 0 unspecified atom stereocenters. The van der Waals surface area contributed by atoms with Crippen LogP contribution in [0.5, 0.6) is 5.75 Å². The van der Waals surface area contributed by atoms with Crippen molar-refractivity contribution in [2.75, 3.05) is 36.5 Å². The van der Waals surface area contributed by atoms with Crippen LogP contribution in [0.15, 0.2) is 48.5 Å². The molecule has 1 aliphatic heterocycles. The van der Waals surface area contributed by atoms with E-state index in [1.807, 2.05) is 24.3 Å². The predicted molar refractivity (Wildman–Crippen MR) is 99.1 cm³/mol. The van der Waals surface area contributed by atoms with Gasteiger partial charge >= 0.3 is 0 Å². The van der Waals surface area contributed by atoms with Gasteiger partial charge in [0.1, 0.15) is 12.4 Å². The van der Waals surface area contributed by atoms with Gasteiger partial charge in [-0.15, -0.1) is 0 Å². The number of aliphatic hydroxyl groups is 1. The first kappa shape index (κ1) is 16.7. The highest BCUT2D eigenvalue weighted by Crippen LogP contribution is 2.28. The van der Waals surface area contributed by atoms with E-state index in [2.05, 4.69) is 41.4 Å². The van der Waals surface area contributed by atoms with Crippen molar-refractivity contribution in [2.45, 2.75) is 25.9 Å². The summed E-state index contributed by atoms with van der Waals surface area (Å²) in [6, 6.07) is 16.5. The molecule has 2 aromatic carbocycles. The first-order chi connectivity index (χ1) is 11.7. The van der Waals surface area contributed by atoms with Crippen molar-refractivity contribution in [3.63, 3.8) is 0 Å². The van der Waals surface area contributed by atoms with Crippen LogP contribution >= 0.6 is 0 Å². The maximum Gasteiger partial charge on any atom is 0.119 e. The Morgan fingerprint density at radius 2 is 1.92 bits per heavy atom. The summed E-state index contributed by atoms with van der Waals surface area (Å²) in [5, 5.41) is 13.2. The van der Waals surface area contributed by atoms with E-state index < -0.39 is 0 Å². The van der Waals surface area contributed by atoms with Crippen LogP contribution in [0.25, 0.3) is 0 Å². The van der Waals surface area contributed by atoms with Crippen molar-refractivity contribution in [3.8, 4) is 5.75 Å². The number of ether oxygens (including phenoxy) is 1. The zero-order chi connectivity index (χ0) is 16.8. The van der Waals surface area contributed by atoms with Crippen molar-refractivity contribution in [1.82, 2.24) is 0 Å². The standard InChI is InChI=1S/C20H26N2O2/c1-16-5-4-6-18(15-16)24-14-11-21-19-7-2-3-8-20(19)22-12-9-17(23)10-13-22/h2-8,15,17,21,23H,9-14H2,1H3. The third-order valence-electron chi connectivity index (χ3n) is 4.38. The lowest BCUT2D eigenvalue weighted by atomic mass is 10.1. The molecule has 0 saturated carbocycles. The summed E-state index contributed by atoms with van der Waals surface area (Å²) in [5.41, 5.74) is 3.54. The van der Waals surface area contributed by atoms with Gasteiger partial charge in [0.05, 0.1) is 17.5 Å². The van der Waals surface area contributed by atoms with E-state index in [1.165, 1.54) is 11.3 Å². The number of benzene rings is 2. The van der Waals surface area contributed by atoms with Crippen LogP contribution < -0.4 is 15.0 Å². The normalized spacial score (nSPS) is 15.3. The molecule has 0 aliphatic carbocycles. The van der Waals surface area contributed by atoms with Gasteiger partial charge in [0.2, 0.25) is 0 Å². The number of anilines is 2. The van der Waals surface area contributed by atoms with Gasteiger partial charge in [-0.1, -0.05) is 24.3 Å². The predicted octanol–water partition coefficient (Wildman–Crippen LogP) is 3.45. The van der Waals surface area contributed by atoms with Gasteiger partial charge in [-0.05, 0) is 49.6 Å². The Balaban J connectivity index is 1.53. The number of para-hydroxylation sites is 2. The van der Waals surface area contributed by atoms with E-state index in [0.29, 0.717) is 6.61 Å². The van der Waals surface area contributed by atoms with Crippen molar-refractivity contribution in [3.05, 3.63) is 54.1 Å². The van der Waals surface area contributed by atoms with E-state index in [9.17, 15) is 5.11 Å². The molecule has 0 bridgehead atoms. The summed E-state index contributed by atoms with van der Waals surface area (Å²) in [6.45, 7) is 5.24. The summed E-state index contributed by atoms with van der Waals surface area (Å²) >= 11 is 0. The van der Waals surface area contributed by atoms with Crippen LogP contribution in [0.4, 0.5) is 11.4 Å². The number of nitrogens with zero attached hydrogens (tertiary/aromatic N) is 1. The van der Waals surface area contributed by atoms with Gasteiger partial charge in [-0.25, -0.2) is 0 Å². The lowest BCUT2D eigenvalue weighted by Crippen LogP contribution is -2.36.